The minimum absolute atomic E-state index is 0.738. The van der Waals surface area contributed by atoms with Crippen molar-refractivity contribution in [2.45, 2.75) is 27.2 Å². The van der Waals surface area contributed by atoms with Crippen molar-refractivity contribution in [2.24, 2.45) is 0 Å². The molecule has 0 unspecified atom stereocenters. The third-order valence-electron chi connectivity index (χ3n) is 2.94. The highest BCUT2D eigenvalue weighted by Gasteiger charge is 2.07. The smallest absolute Gasteiger partial charge is 0.119 e. The fourth-order valence-corrected chi connectivity index (χ4v) is 1.76. The Kier molecular flexibility index (Phi) is 3.92. The van der Waals surface area contributed by atoms with Crippen molar-refractivity contribution in [3.05, 3.63) is 41.6 Å². The van der Waals surface area contributed by atoms with Crippen molar-refractivity contribution in [1.29, 1.82) is 0 Å². The van der Waals surface area contributed by atoms with E-state index in [1.165, 1.54) is 0 Å². The van der Waals surface area contributed by atoms with Gasteiger partial charge in [0.1, 0.15) is 5.75 Å². The maximum absolute atomic E-state index is 5.64. The molecule has 1 heterocycles. The van der Waals surface area contributed by atoms with Crippen LogP contribution in [-0.4, -0.2) is 16.8 Å². The van der Waals surface area contributed by atoms with Gasteiger partial charge in [-0.05, 0) is 43.5 Å². The summed E-state index contributed by atoms with van der Waals surface area (Å²) in [5.74, 6) is 0.886. The number of rotatable bonds is 4. The van der Waals surface area contributed by atoms with Gasteiger partial charge in [-0.3, -0.25) is 0 Å². The third-order valence-corrected chi connectivity index (χ3v) is 2.94. The quantitative estimate of drug-likeness (QED) is 0.822. The van der Waals surface area contributed by atoms with E-state index >= 15 is 0 Å². The van der Waals surface area contributed by atoms with E-state index in [4.69, 9.17) is 4.74 Å². The van der Waals surface area contributed by atoms with Crippen LogP contribution in [0.2, 0.25) is 0 Å². The maximum Gasteiger partial charge on any atom is 0.119 e. The van der Waals surface area contributed by atoms with Gasteiger partial charge >= 0.3 is 0 Å². The van der Waals surface area contributed by atoms with Gasteiger partial charge in [0.25, 0.3) is 0 Å². The number of ether oxygens (including phenoxy) is 1. The summed E-state index contributed by atoms with van der Waals surface area (Å²) < 4.78 is 5.64. The van der Waals surface area contributed by atoms with Gasteiger partial charge in [-0.25, -0.2) is 0 Å². The van der Waals surface area contributed by atoms with Gasteiger partial charge in [-0.15, -0.1) is 0 Å². The van der Waals surface area contributed by atoms with E-state index in [2.05, 4.69) is 24.0 Å². The molecule has 0 N–H and O–H groups in total. The van der Waals surface area contributed by atoms with Gasteiger partial charge in [0, 0.05) is 5.56 Å². The second kappa shape index (κ2) is 5.63. The number of aryl methyl sites for hydroxylation is 1. The number of hydrogen-bond donors (Lipinski definition) is 0. The summed E-state index contributed by atoms with van der Waals surface area (Å²) >= 11 is 0. The first kappa shape index (κ1) is 12.6. The molecule has 18 heavy (non-hydrogen) atoms. The molecule has 0 bridgehead atoms. The molecule has 0 aliphatic rings. The molecule has 3 nitrogen and oxygen atoms in total. The summed E-state index contributed by atoms with van der Waals surface area (Å²) in [4.78, 5) is 0. The second-order valence-corrected chi connectivity index (χ2v) is 4.38. The molecule has 0 radical (unpaired) electrons. The highest BCUT2D eigenvalue weighted by molar-refractivity contribution is 5.64. The van der Waals surface area contributed by atoms with Crippen molar-refractivity contribution in [1.82, 2.24) is 10.2 Å². The molecule has 2 aromatic rings. The molecule has 0 saturated carbocycles. The molecule has 0 spiro atoms. The van der Waals surface area contributed by atoms with Gasteiger partial charge in [-0.2, -0.15) is 10.2 Å². The molecule has 1 aromatic carbocycles. The van der Waals surface area contributed by atoms with Crippen LogP contribution in [-0.2, 0) is 0 Å². The SMILES string of the molecule is CCCOc1cccc(-c2nncc(C)c2C)c1. The van der Waals surface area contributed by atoms with Gasteiger partial charge in [0.15, 0.2) is 0 Å². The van der Waals surface area contributed by atoms with Crippen molar-refractivity contribution in [3.63, 3.8) is 0 Å². The Hall–Kier alpha value is -1.90. The van der Waals surface area contributed by atoms with E-state index < -0.39 is 0 Å². The minimum atomic E-state index is 0.738. The second-order valence-electron chi connectivity index (χ2n) is 4.38. The fraction of sp³-hybridized carbons (Fsp3) is 0.333. The predicted molar refractivity (Wildman–Crippen MR) is 72.7 cm³/mol. The average Bonchev–Trinajstić information content (AvgIpc) is 2.40. The lowest BCUT2D eigenvalue weighted by Gasteiger charge is -2.09. The van der Waals surface area contributed by atoms with Crippen LogP contribution in [0.25, 0.3) is 11.3 Å². The topological polar surface area (TPSA) is 35.0 Å². The van der Waals surface area contributed by atoms with E-state index in [1.54, 1.807) is 6.20 Å². The van der Waals surface area contributed by atoms with E-state index in [0.717, 1.165) is 41.2 Å². The van der Waals surface area contributed by atoms with Crippen LogP contribution >= 0.6 is 0 Å². The number of nitrogens with zero attached hydrogens (tertiary/aromatic N) is 2. The normalized spacial score (nSPS) is 10.4. The Bertz CT molecular complexity index is 538. The molecule has 0 amide bonds. The zero-order valence-electron chi connectivity index (χ0n) is 11.1. The summed E-state index contributed by atoms with van der Waals surface area (Å²) in [5, 5.41) is 8.25. The lowest BCUT2D eigenvalue weighted by Crippen LogP contribution is -1.97. The Morgan fingerprint density at radius 1 is 1.22 bits per heavy atom. The zero-order valence-corrected chi connectivity index (χ0v) is 11.1. The highest BCUT2D eigenvalue weighted by atomic mass is 16.5. The molecule has 0 fully saturated rings. The van der Waals surface area contributed by atoms with Crippen LogP contribution in [0, 0.1) is 13.8 Å². The van der Waals surface area contributed by atoms with Crippen LogP contribution < -0.4 is 4.74 Å². The minimum Gasteiger partial charge on any atom is -0.494 e. The molecule has 0 aliphatic heterocycles. The molecule has 0 aliphatic carbocycles. The largest absolute Gasteiger partial charge is 0.494 e. The first-order valence-electron chi connectivity index (χ1n) is 6.24. The Labute approximate surface area is 108 Å². The fourth-order valence-electron chi connectivity index (χ4n) is 1.76. The monoisotopic (exact) mass is 242 g/mol. The van der Waals surface area contributed by atoms with E-state index in [1.807, 2.05) is 31.2 Å². The molecule has 0 saturated heterocycles. The average molecular weight is 242 g/mol. The van der Waals surface area contributed by atoms with Gasteiger partial charge in [0.2, 0.25) is 0 Å². The van der Waals surface area contributed by atoms with Gasteiger partial charge in [-0.1, -0.05) is 19.1 Å². The Balaban J connectivity index is 2.35. The number of hydrogen-bond acceptors (Lipinski definition) is 3. The molecular formula is C15H18N2O. The van der Waals surface area contributed by atoms with Crippen molar-refractivity contribution in [2.75, 3.05) is 6.61 Å². The molecule has 0 atom stereocenters. The molecule has 1 aromatic heterocycles. The van der Waals surface area contributed by atoms with E-state index in [9.17, 15) is 0 Å². The maximum atomic E-state index is 5.64. The first-order valence-corrected chi connectivity index (χ1v) is 6.24. The van der Waals surface area contributed by atoms with Crippen LogP contribution in [0.4, 0.5) is 0 Å². The summed E-state index contributed by atoms with van der Waals surface area (Å²) in [6.45, 7) is 6.95. The predicted octanol–water partition coefficient (Wildman–Crippen LogP) is 3.55. The van der Waals surface area contributed by atoms with Crippen molar-refractivity contribution >= 4 is 0 Å². The number of aromatic nitrogens is 2. The zero-order chi connectivity index (χ0) is 13.0. The first-order chi connectivity index (χ1) is 8.72. The van der Waals surface area contributed by atoms with Crippen LogP contribution in [0.5, 0.6) is 5.75 Å². The van der Waals surface area contributed by atoms with Crippen LogP contribution in [0.1, 0.15) is 24.5 Å². The molecule has 2 rings (SSSR count). The van der Waals surface area contributed by atoms with Gasteiger partial charge < -0.3 is 4.74 Å². The van der Waals surface area contributed by atoms with E-state index in [0.29, 0.717) is 0 Å². The molecule has 3 heteroatoms. The Morgan fingerprint density at radius 3 is 2.83 bits per heavy atom. The standard InChI is InChI=1S/C15H18N2O/c1-4-8-18-14-7-5-6-13(9-14)15-12(3)11(2)10-16-17-15/h5-7,9-10H,4,8H2,1-3H3. The number of benzene rings is 1. The summed E-state index contributed by atoms with van der Waals surface area (Å²) in [7, 11) is 0. The molecular weight excluding hydrogens is 224 g/mol. The lowest BCUT2D eigenvalue weighted by molar-refractivity contribution is 0.317. The van der Waals surface area contributed by atoms with Crippen LogP contribution in [0.15, 0.2) is 30.5 Å². The molecule has 94 valence electrons. The van der Waals surface area contributed by atoms with Crippen molar-refractivity contribution in [3.8, 4) is 17.0 Å². The highest BCUT2D eigenvalue weighted by Crippen LogP contribution is 2.25. The summed E-state index contributed by atoms with van der Waals surface area (Å²) in [6, 6.07) is 8.02. The van der Waals surface area contributed by atoms with Crippen LogP contribution in [0.3, 0.4) is 0 Å². The van der Waals surface area contributed by atoms with Crippen molar-refractivity contribution < 1.29 is 4.74 Å². The van der Waals surface area contributed by atoms with E-state index in [-0.39, 0.29) is 0 Å². The Morgan fingerprint density at radius 2 is 2.06 bits per heavy atom. The summed E-state index contributed by atoms with van der Waals surface area (Å²) in [5.41, 5.74) is 4.30. The summed E-state index contributed by atoms with van der Waals surface area (Å²) in [6.07, 6.45) is 2.80. The third kappa shape index (κ3) is 2.67. The van der Waals surface area contributed by atoms with Gasteiger partial charge in [0.05, 0.1) is 18.5 Å². The lowest BCUT2D eigenvalue weighted by atomic mass is 10.0.